The molecular weight excluding hydrogens is 528 g/mol. The highest BCUT2D eigenvalue weighted by Gasteiger charge is 2.65. The van der Waals surface area contributed by atoms with Crippen LogP contribution in [0.15, 0.2) is 60.9 Å². The molecule has 214 valence electrons. The van der Waals surface area contributed by atoms with Crippen molar-refractivity contribution in [3.8, 4) is 0 Å². The van der Waals surface area contributed by atoms with Gasteiger partial charge in [-0.3, -0.25) is 19.4 Å². The number of rotatable bonds is 3. The number of carbonyl (C=O) groups excluding carboxylic acids is 2. The Balaban J connectivity index is 1.43. The van der Waals surface area contributed by atoms with Gasteiger partial charge >= 0.3 is 11.9 Å². The van der Waals surface area contributed by atoms with E-state index in [1.807, 2.05) is 26.2 Å². The fourth-order valence-corrected chi connectivity index (χ4v) is 8.59. The number of hydrogen-bond donors (Lipinski definition) is 2. The summed E-state index contributed by atoms with van der Waals surface area (Å²) < 4.78 is 11.2. The Labute approximate surface area is 244 Å². The Morgan fingerprint density at radius 3 is 1.57 bits per heavy atom. The molecule has 4 atom stereocenters. The molecule has 2 N–H and O–H groups in total. The molecule has 0 fully saturated rings. The summed E-state index contributed by atoms with van der Waals surface area (Å²) in [6, 6.07) is 12.6. The first-order valence-electron chi connectivity index (χ1n) is 14.5. The normalized spacial score (nSPS) is 28.6. The van der Waals surface area contributed by atoms with Crippen molar-refractivity contribution in [1.82, 2.24) is 19.8 Å². The second-order valence-electron chi connectivity index (χ2n) is 12.5. The van der Waals surface area contributed by atoms with Crippen LogP contribution in [-0.2, 0) is 31.9 Å². The number of aromatic amines is 2. The number of methoxy groups -OCH3 is 2. The average molecular weight is 563 g/mol. The van der Waals surface area contributed by atoms with Gasteiger partial charge in [-0.15, -0.1) is 0 Å². The van der Waals surface area contributed by atoms with Crippen LogP contribution in [0.5, 0.6) is 0 Å². The van der Waals surface area contributed by atoms with Gasteiger partial charge in [0.2, 0.25) is 0 Å². The second-order valence-corrected chi connectivity index (χ2v) is 12.5. The average Bonchev–Trinajstić information content (AvgIpc) is 3.63. The number of benzene rings is 2. The van der Waals surface area contributed by atoms with Gasteiger partial charge in [0.05, 0.1) is 14.2 Å². The minimum Gasteiger partial charge on any atom is -0.468 e. The van der Waals surface area contributed by atoms with Gasteiger partial charge < -0.3 is 19.4 Å². The summed E-state index contributed by atoms with van der Waals surface area (Å²) in [5.41, 5.74) is 6.30. The lowest BCUT2D eigenvalue weighted by atomic mass is 9.56. The molecule has 0 saturated heterocycles. The summed E-state index contributed by atoms with van der Waals surface area (Å²) in [7, 11) is 6.94. The maximum Gasteiger partial charge on any atom is 0.318 e. The summed E-state index contributed by atoms with van der Waals surface area (Å²) >= 11 is 0. The van der Waals surface area contributed by atoms with Crippen LogP contribution in [0.3, 0.4) is 0 Å². The van der Waals surface area contributed by atoms with Crippen LogP contribution in [0.25, 0.3) is 33.0 Å². The van der Waals surface area contributed by atoms with E-state index >= 15 is 0 Å². The number of H-pyrrole nitrogens is 2. The summed E-state index contributed by atoms with van der Waals surface area (Å²) in [6.07, 6.45) is 9.97. The van der Waals surface area contributed by atoms with E-state index in [4.69, 9.17) is 9.47 Å². The van der Waals surface area contributed by atoms with Gasteiger partial charge in [-0.25, -0.2) is 0 Å². The van der Waals surface area contributed by atoms with Crippen molar-refractivity contribution in [2.24, 2.45) is 10.8 Å². The number of ether oxygens (including phenoxy) is 2. The zero-order valence-corrected chi connectivity index (χ0v) is 24.3. The molecule has 4 aliphatic rings. The van der Waals surface area contributed by atoms with Crippen molar-refractivity contribution < 1.29 is 19.1 Å². The quantitative estimate of drug-likeness (QED) is 0.364. The van der Waals surface area contributed by atoms with Crippen LogP contribution < -0.4 is 0 Å². The molecule has 2 aromatic heterocycles. The molecule has 2 aliphatic heterocycles. The van der Waals surface area contributed by atoms with Gasteiger partial charge in [0.25, 0.3) is 0 Å². The number of fused-ring (bicyclic) bond motifs is 4. The van der Waals surface area contributed by atoms with E-state index in [9.17, 15) is 9.59 Å². The molecule has 4 heterocycles. The van der Waals surface area contributed by atoms with Crippen molar-refractivity contribution in [2.45, 2.75) is 24.9 Å². The number of hydrogen-bond acceptors (Lipinski definition) is 6. The molecule has 0 bridgehead atoms. The van der Waals surface area contributed by atoms with Gasteiger partial charge in [-0.1, -0.05) is 36.4 Å². The highest BCUT2D eigenvalue weighted by atomic mass is 16.5. The smallest absolute Gasteiger partial charge is 0.318 e. The minimum atomic E-state index is -1.33. The molecule has 8 rings (SSSR count). The number of esters is 2. The third-order valence-corrected chi connectivity index (χ3v) is 10.5. The highest BCUT2D eigenvalue weighted by molar-refractivity contribution is 6.04. The largest absolute Gasteiger partial charge is 0.468 e. The van der Waals surface area contributed by atoms with Crippen molar-refractivity contribution in [1.29, 1.82) is 0 Å². The maximum absolute atomic E-state index is 14.3. The van der Waals surface area contributed by atoms with Gasteiger partial charge in [0, 0.05) is 59.4 Å². The standard InChI is InChI=1S/C34H34N4O4/c1-37-17-33(31(39)41-3,13-23-21-7-5-9-25-29(21)19(15-35-25)11-27(23)37)34(32(40)42-4)14-24-22-8-6-10-26-30(22)20(16-36-26)12-28(24)38(2)18-34/h5-10,13-16,27-28,35-36H,11-12,17-18H2,1-4H3/t27-,28-,33-,34+/m1/s1. The first-order chi connectivity index (χ1) is 20.3. The zero-order valence-electron chi connectivity index (χ0n) is 24.3. The minimum absolute atomic E-state index is 0.0685. The van der Waals surface area contributed by atoms with Crippen LogP contribution in [0.4, 0.5) is 0 Å². The molecule has 0 amide bonds. The predicted octanol–water partition coefficient (Wildman–Crippen LogP) is 4.18. The molecule has 42 heavy (non-hydrogen) atoms. The molecule has 8 heteroatoms. The van der Waals surface area contributed by atoms with Crippen LogP contribution >= 0.6 is 0 Å². The Morgan fingerprint density at radius 2 is 1.17 bits per heavy atom. The van der Waals surface area contributed by atoms with Crippen LogP contribution in [-0.4, -0.2) is 85.2 Å². The Hall–Kier alpha value is -4.14. The molecule has 2 aromatic carbocycles. The lowest BCUT2D eigenvalue weighted by molar-refractivity contribution is -0.173. The SMILES string of the molecule is COC(=O)[C@]1([C@]2(C(=O)OC)C=C3c4cccc5[nH]cc(c45)C[C@H]3N(C)C2)C=C2c3cccc4[nH]cc(c34)C[C@H]2N(C)C1. The Kier molecular flexibility index (Phi) is 5.29. The lowest BCUT2D eigenvalue weighted by Gasteiger charge is -2.54. The number of carbonyl (C=O) groups is 2. The van der Waals surface area contributed by atoms with Gasteiger partial charge in [-0.2, -0.15) is 0 Å². The first-order valence-corrected chi connectivity index (χ1v) is 14.5. The fraction of sp³-hybridized carbons (Fsp3) is 0.353. The molecule has 2 aliphatic carbocycles. The van der Waals surface area contributed by atoms with E-state index in [0.717, 1.165) is 46.1 Å². The van der Waals surface area contributed by atoms with Gasteiger partial charge in [0.1, 0.15) is 10.8 Å². The van der Waals surface area contributed by atoms with E-state index in [0.29, 0.717) is 13.1 Å². The van der Waals surface area contributed by atoms with E-state index < -0.39 is 22.8 Å². The number of nitrogens with zero attached hydrogens (tertiary/aromatic N) is 2. The van der Waals surface area contributed by atoms with Crippen molar-refractivity contribution in [2.75, 3.05) is 41.4 Å². The van der Waals surface area contributed by atoms with Crippen LogP contribution in [0.2, 0.25) is 0 Å². The zero-order chi connectivity index (χ0) is 29.0. The molecule has 8 nitrogen and oxygen atoms in total. The summed E-state index contributed by atoms with van der Waals surface area (Å²) in [5, 5.41) is 2.36. The van der Waals surface area contributed by atoms with Crippen molar-refractivity contribution >= 4 is 44.9 Å². The molecule has 4 aromatic rings. The van der Waals surface area contributed by atoms with Gasteiger partial charge in [0.15, 0.2) is 0 Å². The van der Waals surface area contributed by atoms with Gasteiger partial charge in [-0.05, 0) is 72.5 Å². The monoisotopic (exact) mass is 562 g/mol. The molecule has 0 saturated carbocycles. The second kappa shape index (κ2) is 8.69. The first kappa shape index (κ1) is 25.6. The Morgan fingerprint density at radius 1 is 0.738 bits per heavy atom. The Bertz CT molecular complexity index is 1740. The van der Waals surface area contributed by atoms with Crippen LogP contribution in [0, 0.1) is 10.8 Å². The fourth-order valence-electron chi connectivity index (χ4n) is 8.59. The molecule has 0 spiro atoms. The lowest BCUT2D eigenvalue weighted by Crippen LogP contribution is -2.65. The summed E-state index contributed by atoms with van der Waals surface area (Å²) in [4.78, 5) is 39.9. The van der Waals surface area contributed by atoms with Crippen molar-refractivity contribution in [3.63, 3.8) is 0 Å². The molecular formula is C34H34N4O4. The third-order valence-electron chi connectivity index (χ3n) is 10.5. The van der Waals surface area contributed by atoms with E-state index in [1.165, 1.54) is 36.1 Å². The highest BCUT2D eigenvalue weighted by Crippen LogP contribution is 2.56. The summed E-state index contributed by atoms with van der Waals surface area (Å²) in [6.45, 7) is 0.640. The number of aromatic nitrogens is 2. The van der Waals surface area contributed by atoms with Crippen molar-refractivity contribution in [3.05, 3.63) is 83.2 Å². The van der Waals surface area contributed by atoms with E-state index in [2.05, 4.69) is 68.6 Å². The maximum atomic E-state index is 14.3. The summed E-state index contributed by atoms with van der Waals surface area (Å²) in [5.74, 6) is -0.865. The predicted molar refractivity (Wildman–Crippen MR) is 162 cm³/mol. The van der Waals surface area contributed by atoms with E-state index in [-0.39, 0.29) is 12.1 Å². The number of nitrogens with one attached hydrogen (secondary N) is 2. The van der Waals surface area contributed by atoms with Crippen LogP contribution in [0.1, 0.15) is 22.3 Å². The molecule has 0 radical (unpaired) electrons. The third kappa shape index (κ3) is 3.08. The topological polar surface area (TPSA) is 90.7 Å². The molecule has 0 unspecified atom stereocenters. The van der Waals surface area contributed by atoms with E-state index in [1.54, 1.807) is 0 Å². The number of likely N-dealkylation sites (N-methyl/N-ethyl adjacent to an activating group) is 2.